The van der Waals surface area contributed by atoms with Crippen LogP contribution in [0.3, 0.4) is 0 Å². The molecule has 0 amide bonds. The second kappa shape index (κ2) is 10.9. The van der Waals surface area contributed by atoms with Crippen LogP contribution in [-0.4, -0.2) is 30.0 Å². The van der Waals surface area contributed by atoms with E-state index in [9.17, 15) is 16.8 Å². The van der Waals surface area contributed by atoms with Gasteiger partial charge in [-0.2, -0.15) is 16.8 Å². The standard InChI is InChI=1S/C28H28O6S2/c1-21-7-11-26(12-8-21)35(29,30)33-17-15-23-19-24-5-3-4-6-28(24)25(20-23)16-18-34-36(31,32)27-13-9-22(2)10-14-27/h3-14,19-20H,15-18H2,1-2H3. The molecule has 0 aromatic heterocycles. The predicted molar refractivity (Wildman–Crippen MR) is 140 cm³/mol. The number of benzene rings is 4. The smallest absolute Gasteiger partial charge is 0.266 e. The molecular weight excluding hydrogens is 496 g/mol. The largest absolute Gasteiger partial charge is 0.296 e. The number of hydrogen-bond donors (Lipinski definition) is 0. The van der Waals surface area contributed by atoms with Crippen LogP contribution in [0.1, 0.15) is 22.3 Å². The van der Waals surface area contributed by atoms with Gasteiger partial charge in [0.15, 0.2) is 0 Å². The maximum Gasteiger partial charge on any atom is 0.296 e. The molecule has 0 saturated carbocycles. The molecule has 0 aliphatic rings. The molecule has 4 rings (SSSR count). The van der Waals surface area contributed by atoms with Crippen LogP contribution in [0.4, 0.5) is 0 Å². The van der Waals surface area contributed by atoms with E-state index in [-0.39, 0.29) is 23.0 Å². The molecule has 0 aliphatic heterocycles. The normalized spacial score (nSPS) is 12.2. The van der Waals surface area contributed by atoms with E-state index >= 15 is 0 Å². The van der Waals surface area contributed by atoms with E-state index in [2.05, 4.69) is 0 Å². The van der Waals surface area contributed by atoms with Crippen LogP contribution in [-0.2, 0) is 41.4 Å². The van der Waals surface area contributed by atoms with E-state index in [1.54, 1.807) is 24.3 Å². The second-order valence-corrected chi connectivity index (χ2v) is 11.9. The minimum atomic E-state index is -3.86. The van der Waals surface area contributed by atoms with Gasteiger partial charge in [0.1, 0.15) is 0 Å². The molecule has 0 spiro atoms. The van der Waals surface area contributed by atoms with Crippen LogP contribution < -0.4 is 0 Å². The number of fused-ring (bicyclic) bond motifs is 1. The van der Waals surface area contributed by atoms with Crippen LogP contribution in [0.25, 0.3) is 10.8 Å². The van der Waals surface area contributed by atoms with Gasteiger partial charge in [0.25, 0.3) is 20.2 Å². The average Bonchev–Trinajstić information content (AvgIpc) is 2.84. The molecule has 0 atom stereocenters. The average molecular weight is 525 g/mol. The minimum absolute atomic E-state index is 0.00765. The molecule has 0 fully saturated rings. The topological polar surface area (TPSA) is 86.7 Å². The molecule has 0 N–H and O–H groups in total. The van der Waals surface area contributed by atoms with Crippen LogP contribution in [0.5, 0.6) is 0 Å². The van der Waals surface area contributed by atoms with Gasteiger partial charge in [0.2, 0.25) is 0 Å². The zero-order valence-electron chi connectivity index (χ0n) is 20.2. The van der Waals surface area contributed by atoms with E-state index in [1.165, 1.54) is 24.3 Å². The van der Waals surface area contributed by atoms with Gasteiger partial charge in [0, 0.05) is 0 Å². The van der Waals surface area contributed by atoms with Gasteiger partial charge in [-0.05, 0) is 72.9 Å². The molecule has 0 unspecified atom stereocenters. The Hall–Kier alpha value is -3.04. The van der Waals surface area contributed by atoms with Gasteiger partial charge in [-0.15, -0.1) is 0 Å². The Morgan fingerprint density at radius 1 is 0.611 bits per heavy atom. The Balaban J connectivity index is 1.45. The lowest BCUT2D eigenvalue weighted by Crippen LogP contribution is -2.10. The van der Waals surface area contributed by atoms with Gasteiger partial charge in [-0.1, -0.05) is 71.8 Å². The Kier molecular flexibility index (Phi) is 7.90. The summed E-state index contributed by atoms with van der Waals surface area (Å²) in [6, 6.07) is 24.8. The van der Waals surface area contributed by atoms with Gasteiger partial charge in [-0.3, -0.25) is 8.37 Å². The van der Waals surface area contributed by atoms with Crippen LogP contribution in [0.15, 0.2) is 94.7 Å². The van der Waals surface area contributed by atoms with Crippen LogP contribution in [0, 0.1) is 13.8 Å². The molecule has 0 radical (unpaired) electrons. The Morgan fingerprint density at radius 3 is 1.67 bits per heavy atom. The van der Waals surface area contributed by atoms with Gasteiger partial charge < -0.3 is 0 Å². The summed E-state index contributed by atoms with van der Waals surface area (Å²) in [5, 5.41) is 1.97. The zero-order valence-corrected chi connectivity index (χ0v) is 21.8. The summed E-state index contributed by atoms with van der Waals surface area (Å²) in [4.78, 5) is 0.248. The van der Waals surface area contributed by atoms with Crippen molar-refractivity contribution in [2.75, 3.05) is 13.2 Å². The van der Waals surface area contributed by atoms with E-state index in [1.807, 2.05) is 50.2 Å². The van der Waals surface area contributed by atoms with Crippen molar-refractivity contribution in [3.05, 3.63) is 107 Å². The number of hydrogen-bond acceptors (Lipinski definition) is 6. The van der Waals surface area contributed by atoms with Crippen molar-refractivity contribution >= 4 is 31.0 Å². The van der Waals surface area contributed by atoms with Crippen molar-refractivity contribution < 1.29 is 25.2 Å². The highest BCUT2D eigenvalue weighted by atomic mass is 32.2. The van der Waals surface area contributed by atoms with Gasteiger partial charge in [-0.25, -0.2) is 0 Å². The molecule has 36 heavy (non-hydrogen) atoms. The third-order valence-electron chi connectivity index (χ3n) is 5.87. The highest BCUT2D eigenvalue weighted by Crippen LogP contribution is 2.23. The molecule has 0 heterocycles. The van der Waals surface area contributed by atoms with Crippen LogP contribution >= 0.6 is 0 Å². The zero-order chi connectivity index (χ0) is 25.8. The maximum atomic E-state index is 12.5. The summed E-state index contributed by atoms with van der Waals surface area (Å²) in [6.07, 6.45) is 0.757. The summed E-state index contributed by atoms with van der Waals surface area (Å²) in [7, 11) is -7.70. The van der Waals surface area contributed by atoms with Crippen molar-refractivity contribution in [1.82, 2.24) is 0 Å². The van der Waals surface area contributed by atoms with E-state index in [0.717, 1.165) is 33.0 Å². The predicted octanol–water partition coefficient (Wildman–Crippen LogP) is 5.35. The van der Waals surface area contributed by atoms with Crippen molar-refractivity contribution in [3.63, 3.8) is 0 Å². The first-order chi connectivity index (χ1) is 17.1. The minimum Gasteiger partial charge on any atom is -0.266 e. The first kappa shape index (κ1) is 26.0. The Labute approximate surface area is 212 Å². The first-order valence-electron chi connectivity index (χ1n) is 11.6. The molecule has 8 heteroatoms. The third-order valence-corrected chi connectivity index (χ3v) is 8.52. The Morgan fingerprint density at radius 2 is 1.11 bits per heavy atom. The van der Waals surface area contributed by atoms with E-state index in [0.29, 0.717) is 12.8 Å². The molecule has 4 aromatic carbocycles. The number of rotatable bonds is 10. The lowest BCUT2D eigenvalue weighted by molar-refractivity contribution is 0.321. The van der Waals surface area contributed by atoms with Crippen molar-refractivity contribution in [2.45, 2.75) is 36.5 Å². The fourth-order valence-electron chi connectivity index (χ4n) is 3.89. The molecule has 4 aromatic rings. The molecule has 0 bridgehead atoms. The maximum absolute atomic E-state index is 12.5. The van der Waals surface area contributed by atoms with Gasteiger partial charge in [0.05, 0.1) is 23.0 Å². The fraction of sp³-hybridized carbons (Fsp3) is 0.214. The monoisotopic (exact) mass is 524 g/mol. The quantitative estimate of drug-likeness (QED) is 0.260. The highest BCUT2D eigenvalue weighted by molar-refractivity contribution is 7.87. The summed E-state index contributed by atoms with van der Waals surface area (Å²) >= 11 is 0. The SMILES string of the molecule is Cc1ccc(S(=O)(=O)OCCc2cc(CCOS(=O)(=O)c3ccc(C)cc3)c3ccccc3c2)cc1. The van der Waals surface area contributed by atoms with E-state index < -0.39 is 20.2 Å². The fourth-order valence-corrected chi connectivity index (χ4v) is 5.70. The first-order valence-corrected chi connectivity index (χ1v) is 14.4. The second-order valence-electron chi connectivity index (χ2n) is 8.65. The lowest BCUT2D eigenvalue weighted by Gasteiger charge is -2.12. The highest BCUT2D eigenvalue weighted by Gasteiger charge is 2.17. The summed E-state index contributed by atoms with van der Waals surface area (Å²) < 4.78 is 60.6. The van der Waals surface area contributed by atoms with Gasteiger partial charge >= 0.3 is 0 Å². The Bertz CT molecular complexity index is 1560. The molecule has 6 nitrogen and oxygen atoms in total. The molecule has 0 aliphatic carbocycles. The molecule has 188 valence electrons. The molecular formula is C28H28O6S2. The van der Waals surface area contributed by atoms with Crippen molar-refractivity contribution in [1.29, 1.82) is 0 Å². The summed E-state index contributed by atoms with van der Waals surface area (Å²) in [6.45, 7) is 3.75. The lowest BCUT2D eigenvalue weighted by atomic mass is 9.98. The van der Waals surface area contributed by atoms with Crippen molar-refractivity contribution in [2.24, 2.45) is 0 Å². The summed E-state index contributed by atoms with van der Waals surface area (Å²) in [5.74, 6) is 0. The number of aryl methyl sites for hydroxylation is 2. The van der Waals surface area contributed by atoms with Crippen LogP contribution in [0.2, 0.25) is 0 Å². The molecule has 0 saturated heterocycles. The van der Waals surface area contributed by atoms with E-state index in [4.69, 9.17) is 8.37 Å². The van der Waals surface area contributed by atoms with Crippen molar-refractivity contribution in [3.8, 4) is 0 Å². The summed E-state index contributed by atoms with van der Waals surface area (Å²) in [5.41, 5.74) is 3.74. The third kappa shape index (κ3) is 6.39.